The number of hydrogen-bond donors (Lipinski definition) is 2. The molecule has 0 amide bonds. The third kappa shape index (κ3) is 13.1. The summed E-state index contributed by atoms with van der Waals surface area (Å²) in [5, 5.41) is 21.9. The first-order valence-corrected chi connectivity index (χ1v) is 18.1. The third-order valence-corrected chi connectivity index (χ3v) is 8.85. The van der Waals surface area contributed by atoms with Gasteiger partial charge in [-0.2, -0.15) is 0 Å². The van der Waals surface area contributed by atoms with E-state index in [4.69, 9.17) is 9.47 Å². The standard InChI is InChI=1S/C42H66O6/c1-39(2,3)31-25-29(26-32(37(31)45)40(4,5)6)19-15-16-20-35(43)47-23-17-13-14-18-24-48-36(44)22-21-30-27-33(41(7,8)9)38(46)34(28-30)42(10,11)12/h25-28,45-46H,13-24H2,1-12H3. The quantitative estimate of drug-likeness (QED) is 0.145. The van der Waals surface area contributed by atoms with Crippen molar-refractivity contribution in [2.75, 3.05) is 13.2 Å². The van der Waals surface area contributed by atoms with Gasteiger partial charge in [0.05, 0.1) is 13.2 Å². The van der Waals surface area contributed by atoms with Crippen LogP contribution >= 0.6 is 0 Å². The van der Waals surface area contributed by atoms with E-state index in [2.05, 4.69) is 95.2 Å². The smallest absolute Gasteiger partial charge is 0.306 e. The van der Waals surface area contributed by atoms with Gasteiger partial charge in [0, 0.05) is 12.8 Å². The molecule has 2 aromatic carbocycles. The van der Waals surface area contributed by atoms with E-state index in [1.165, 1.54) is 5.56 Å². The van der Waals surface area contributed by atoms with Gasteiger partial charge >= 0.3 is 11.9 Å². The van der Waals surface area contributed by atoms with Crippen molar-refractivity contribution in [1.29, 1.82) is 0 Å². The van der Waals surface area contributed by atoms with Crippen LogP contribution in [0, 0.1) is 0 Å². The zero-order valence-corrected chi connectivity index (χ0v) is 32.3. The van der Waals surface area contributed by atoms with E-state index in [9.17, 15) is 19.8 Å². The van der Waals surface area contributed by atoms with Crippen LogP contribution in [0.5, 0.6) is 11.5 Å². The van der Waals surface area contributed by atoms with E-state index in [1.807, 2.05) is 12.1 Å². The van der Waals surface area contributed by atoms with Gasteiger partial charge < -0.3 is 19.7 Å². The number of rotatable bonds is 15. The Kier molecular flexibility index (Phi) is 14.6. The monoisotopic (exact) mass is 666 g/mol. The Bertz CT molecular complexity index is 1290. The number of carbonyl (C=O) groups excluding carboxylic acids is 2. The number of ether oxygens (including phenoxy) is 2. The second-order valence-electron chi connectivity index (χ2n) is 17.6. The van der Waals surface area contributed by atoms with Gasteiger partial charge in [-0.25, -0.2) is 0 Å². The van der Waals surface area contributed by atoms with Crippen molar-refractivity contribution in [2.24, 2.45) is 0 Å². The Labute approximate surface area is 292 Å². The zero-order chi connectivity index (χ0) is 36.5. The van der Waals surface area contributed by atoms with E-state index >= 15 is 0 Å². The van der Waals surface area contributed by atoms with Crippen LogP contribution < -0.4 is 0 Å². The average Bonchev–Trinajstić information content (AvgIpc) is 2.94. The van der Waals surface area contributed by atoms with E-state index in [0.717, 1.165) is 72.8 Å². The number of unbranched alkanes of at least 4 members (excludes halogenated alkanes) is 4. The molecule has 6 nitrogen and oxygen atoms in total. The number of benzene rings is 2. The number of phenolic OH excluding ortho intramolecular Hbond substituents is 2. The lowest BCUT2D eigenvalue weighted by atomic mass is 9.78. The largest absolute Gasteiger partial charge is 0.507 e. The number of phenols is 2. The minimum absolute atomic E-state index is 0.154. The van der Waals surface area contributed by atoms with Gasteiger partial charge in [-0.05, 0) is 106 Å². The molecule has 270 valence electrons. The molecule has 2 N–H and O–H groups in total. The number of carbonyl (C=O) groups is 2. The van der Waals surface area contributed by atoms with E-state index < -0.39 is 0 Å². The van der Waals surface area contributed by atoms with Crippen LogP contribution in [-0.4, -0.2) is 35.4 Å². The van der Waals surface area contributed by atoms with Crippen LogP contribution in [-0.2, 0) is 53.6 Å². The molecule has 2 rings (SSSR count). The molecule has 2 aromatic rings. The Balaban J connectivity index is 1.65. The molecule has 0 fully saturated rings. The fraction of sp³-hybridized carbons (Fsp3) is 0.667. The lowest BCUT2D eigenvalue weighted by molar-refractivity contribution is -0.145. The predicted molar refractivity (Wildman–Crippen MR) is 197 cm³/mol. The molecule has 0 radical (unpaired) electrons. The second-order valence-corrected chi connectivity index (χ2v) is 17.6. The summed E-state index contributed by atoms with van der Waals surface area (Å²) in [6, 6.07) is 8.28. The van der Waals surface area contributed by atoms with E-state index in [0.29, 0.717) is 44.0 Å². The molecule has 0 saturated carbocycles. The van der Waals surface area contributed by atoms with Gasteiger partial charge in [0.2, 0.25) is 0 Å². The first-order chi connectivity index (χ1) is 22.0. The van der Waals surface area contributed by atoms with Gasteiger partial charge in [-0.15, -0.1) is 0 Å². The van der Waals surface area contributed by atoms with Crippen LogP contribution in [0.25, 0.3) is 0 Å². The fourth-order valence-electron chi connectivity index (χ4n) is 5.88. The maximum atomic E-state index is 12.4. The highest BCUT2D eigenvalue weighted by Crippen LogP contribution is 2.41. The molecule has 0 unspecified atom stereocenters. The summed E-state index contributed by atoms with van der Waals surface area (Å²) in [7, 11) is 0. The molecule has 0 aliphatic heterocycles. The topological polar surface area (TPSA) is 93.1 Å². The first-order valence-electron chi connectivity index (χ1n) is 18.1. The van der Waals surface area contributed by atoms with E-state index in [-0.39, 0.29) is 33.6 Å². The van der Waals surface area contributed by atoms with Crippen molar-refractivity contribution in [3.8, 4) is 11.5 Å². The average molecular weight is 667 g/mol. The summed E-state index contributed by atoms with van der Waals surface area (Å²) in [5.41, 5.74) is 5.26. The summed E-state index contributed by atoms with van der Waals surface area (Å²) >= 11 is 0. The van der Waals surface area contributed by atoms with Gasteiger partial charge in [-0.1, -0.05) is 107 Å². The van der Waals surface area contributed by atoms with Crippen LogP contribution in [0.1, 0.15) is 168 Å². The minimum Gasteiger partial charge on any atom is -0.507 e. The molecular weight excluding hydrogens is 600 g/mol. The maximum absolute atomic E-state index is 12.4. The molecule has 0 aromatic heterocycles. The van der Waals surface area contributed by atoms with Crippen molar-refractivity contribution in [1.82, 2.24) is 0 Å². The molecule has 0 saturated heterocycles. The number of aryl methyl sites for hydroxylation is 2. The van der Waals surface area contributed by atoms with Crippen molar-refractivity contribution in [3.63, 3.8) is 0 Å². The van der Waals surface area contributed by atoms with Crippen molar-refractivity contribution < 1.29 is 29.3 Å². The SMILES string of the molecule is CC(C)(C)c1cc(CCCCC(=O)OCCCCCCOC(=O)CCc2cc(C(C)(C)C)c(O)c(C(C)(C)C)c2)cc(C(C)(C)C)c1O. The molecule has 6 heteroatoms. The first kappa shape index (κ1) is 41.2. The Hall–Kier alpha value is -3.02. The summed E-state index contributed by atoms with van der Waals surface area (Å²) in [4.78, 5) is 24.7. The summed E-state index contributed by atoms with van der Waals surface area (Å²) < 4.78 is 10.9. The van der Waals surface area contributed by atoms with Crippen molar-refractivity contribution in [2.45, 2.75) is 169 Å². The molecule has 0 bridgehead atoms. The van der Waals surface area contributed by atoms with Gasteiger partial charge in [0.15, 0.2) is 0 Å². The summed E-state index contributed by atoms with van der Waals surface area (Å²) in [5.74, 6) is 0.386. The van der Waals surface area contributed by atoms with Crippen LogP contribution in [0.3, 0.4) is 0 Å². The molecule has 0 heterocycles. The molecule has 0 atom stereocenters. The molecule has 0 aliphatic carbocycles. The molecule has 0 spiro atoms. The molecular formula is C42H66O6. The highest BCUT2D eigenvalue weighted by atomic mass is 16.5. The minimum atomic E-state index is -0.207. The Morgan fingerprint density at radius 3 is 1.17 bits per heavy atom. The van der Waals surface area contributed by atoms with Crippen LogP contribution in [0.2, 0.25) is 0 Å². The van der Waals surface area contributed by atoms with Crippen LogP contribution in [0.4, 0.5) is 0 Å². The Morgan fingerprint density at radius 2 is 0.812 bits per heavy atom. The van der Waals surface area contributed by atoms with Gasteiger partial charge in [0.25, 0.3) is 0 Å². The lowest BCUT2D eigenvalue weighted by Gasteiger charge is -2.28. The predicted octanol–water partition coefficient (Wildman–Crippen LogP) is 10.3. The van der Waals surface area contributed by atoms with Crippen molar-refractivity contribution >= 4 is 11.9 Å². The molecule has 0 aliphatic rings. The summed E-state index contributed by atoms with van der Waals surface area (Å²) in [6.07, 6.45) is 7.20. The van der Waals surface area contributed by atoms with E-state index in [1.54, 1.807) is 0 Å². The van der Waals surface area contributed by atoms with Gasteiger partial charge in [0.1, 0.15) is 11.5 Å². The normalized spacial score (nSPS) is 12.7. The number of hydrogen-bond acceptors (Lipinski definition) is 6. The third-order valence-electron chi connectivity index (χ3n) is 8.85. The fourth-order valence-corrected chi connectivity index (χ4v) is 5.88. The Morgan fingerprint density at radius 1 is 0.479 bits per heavy atom. The summed E-state index contributed by atoms with van der Waals surface area (Å²) in [6.45, 7) is 26.1. The number of aromatic hydroxyl groups is 2. The number of esters is 2. The highest BCUT2D eigenvalue weighted by molar-refractivity contribution is 5.70. The van der Waals surface area contributed by atoms with Crippen LogP contribution in [0.15, 0.2) is 24.3 Å². The second kappa shape index (κ2) is 17.1. The van der Waals surface area contributed by atoms with Gasteiger partial charge in [-0.3, -0.25) is 9.59 Å². The lowest BCUT2D eigenvalue weighted by Crippen LogP contribution is -2.18. The zero-order valence-electron chi connectivity index (χ0n) is 32.3. The molecule has 48 heavy (non-hydrogen) atoms. The maximum Gasteiger partial charge on any atom is 0.306 e. The highest BCUT2D eigenvalue weighted by Gasteiger charge is 2.28. The van der Waals surface area contributed by atoms with Crippen molar-refractivity contribution in [3.05, 3.63) is 57.6 Å².